The van der Waals surface area contributed by atoms with Crippen LogP contribution in [0.5, 0.6) is 11.5 Å². The first-order valence-corrected chi connectivity index (χ1v) is 9.38. The van der Waals surface area contributed by atoms with Gasteiger partial charge in [0, 0.05) is 12.4 Å². The van der Waals surface area contributed by atoms with Crippen molar-refractivity contribution in [3.63, 3.8) is 0 Å². The molecule has 0 bridgehead atoms. The van der Waals surface area contributed by atoms with E-state index in [1.165, 1.54) is 0 Å². The predicted octanol–water partition coefficient (Wildman–Crippen LogP) is 5.65. The molecule has 0 amide bonds. The van der Waals surface area contributed by atoms with Gasteiger partial charge in [0.2, 0.25) is 0 Å². The molecule has 0 radical (unpaired) electrons. The van der Waals surface area contributed by atoms with Crippen molar-refractivity contribution >= 4 is 18.1 Å². The van der Waals surface area contributed by atoms with Crippen LogP contribution in [0.4, 0.5) is 0 Å². The number of carbonyl (C=O) groups is 1. The predicted molar refractivity (Wildman–Crippen MR) is 111 cm³/mol. The first kappa shape index (κ1) is 19.4. The number of benzene rings is 2. The number of rotatable bonds is 8. The molecule has 1 aromatic heterocycles. The fraction of sp³-hybridized carbons (Fsp3) is 0.167. The Morgan fingerprint density at radius 3 is 2.11 bits per heavy atom. The molecule has 28 heavy (non-hydrogen) atoms. The summed E-state index contributed by atoms with van der Waals surface area (Å²) in [6.07, 6.45) is 9.61. The maximum atomic E-state index is 12.3. The summed E-state index contributed by atoms with van der Waals surface area (Å²) in [6, 6.07) is 18.3. The van der Waals surface area contributed by atoms with E-state index in [9.17, 15) is 4.79 Å². The van der Waals surface area contributed by atoms with Gasteiger partial charge in [-0.2, -0.15) is 0 Å². The van der Waals surface area contributed by atoms with Crippen LogP contribution in [0.3, 0.4) is 0 Å². The van der Waals surface area contributed by atoms with Crippen molar-refractivity contribution in [3.8, 4) is 11.5 Å². The number of hydrogen-bond donors (Lipinski definition) is 0. The molecule has 4 heteroatoms. The molecule has 0 aliphatic heterocycles. The van der Waals surface area contributed by atoms with Crippen LogP contribution in [-0.4, -0.2) is 17.6 Å². The van der Waals surface area contributed by atoms with Crippen LogP contribution < -0.4 is 9.47 Å². The minimum atomic E-state index is -0.389. The van der Waals surface area contributed by atoms with Gasteiger partial charge in [-0.3, -0.25) is 4.98 Å². The summed E-state index contributed by atoms with van der Waals surface area (Å²) in [5.41, 5.74) is 2.59. The van der Waals surface area contributed by atoms with Crippen molar-refractivity contribution in [3.05, 3.63) is 89.7 Å². The number of nitrogens with zero attached hydrogens (tertiary/aromatic N) is 1. The minimum Gasteiger partial charge on any atom is -0.494 e. The molecule has 0 N–H and O–H groups in total. The molecule has 0 fully saturated rings. The summed E-state index contributed by atoms with van der Waals surface area (Å²) in [4.78, 5) is 16.3. The molecule has 0 saturated carbocycles. The Morgan fingerprint density at radius 1 is 0.857 bits per heavy atom. The van der Waals surface area contributed by atoms with Gasteiger partial charge in [-0.25, -0.2) is 4.79 Å². The Morgan fingerprint density at radius 2 is 1.46 bits per heavy atom. The summed E-state index contributed by atoms with van der Waals surface area (Å²) in [7, 11) is 0. The smallest absolute Gasteiger partial charge is 0.343 e. The van der Waals surface area contributed by atoms with Crippen molar-refractivity contribution in [2.24, 2.45) is 0 Å². The highest BCUT2D eigenvalue weighted by molar-refractivity contribution is 5.91. The standard InChI is InChI=1S/C24H23NO3/c1-2-3-18-27-22-12-8-21(9-13-22)24(26)28-23-10-6-19(7-11-23)4-5-20-14-16-25-17-15-20/h4-17H,2-3,18H2,1H3/b5-4+. The lowest BCUT2D eigenvalue weighted by atomic mass is 10.1. The topological polar surface area (TPSA) is 48.4 Å². The third kappa shape index (κ3) is 5.81. The van der Waals surface area contributed by atoms with Crippen LogP contribution in [0.25, 0.3) is 12.2 Å². The number of esters is 1. The Labute approximate surface area is 165 Å². The van der Waals surface area contributed by atoms with Crippen LogP contribution >= 0.6 is 0 Å². The number of ether oxygens (including phenoxy) is 2. The van der Waals surface area contributed by atoms with E-state index in [0.29, 0.717) is 17.9 Å². The largest absolute Gasteiger partial charge is 0.494 e. The third-order valence-electron chi connectivity index (χ3n) is 4.12. The second-order valence-corrected chi connectivity index (χ2v) is 6.30. The van der Waals surface area contributed by atoms with Crippen LogP contribution in [0.2, 0.25) is 0 Å². The lowest BCUT2D eigenvalue weighted by Gasteiger charge is -2.07. The van der Waals surface area contributed by atoms with Gasteiger partial charge in [-0.1, -0.05) is 37.6 Å². The molecule has 1 heterocycles. The molecule has 2 aromatic carbocycles. The number of aromatic nitrogens is 1. The summed E-state index contributed by atoms with van der Waals surface area (Å²) in [6.45, 7) is 2.80. The van der Waals surface area contributed by atoms with Gasteiger partial charge >= 0.3 is 5.97 Å². The van der Waals surface area contributed by atoms with Crippen molar-refractivity contribution in [2.75, 3.05) is 6.61 Å². The van der Waals surface area contributed by atoms with Gasteiger partial charge in [0.1, 0.15) is 11.5 Å². The van der Waals surface area contributed by atoms with Gasteiger partial charge in [-0.15, -0.1) is 0 Å². The van der Waals surface area contributed by atoms with E-state index in [1.807, 2.05) is 36.4 Å². The Kier molecular flexibility index (Phi) is 6.96. The highest BCUT2D eigenvalue weighted by Gasteiger charge is 2.08. The highest BCUT2D eigenvalue weighted by atomic mass is 16.5. The zero-order chi connectivity index (χ0) is 19.6. The Bertz CT molecular complexity index is 901. The molecule has 3 aromatic rings. The maximum absolute atomic E-state index is 12.3. The molecule has 0 spiro atoms. The molecule has 0 aliphatic carbocycles. The minimum absolute atomic E-state index is 0.389. The summed E-state index contributed by atoms with van der Waals surface area (Å²) >= 11 is 0. The summed E-state index contributed by atoms with van der Waals surface area (Å²) in [5, 5.41) is 0. The SMILES string of the molecule is CCCCOc1ccc(C(=O)Oc2ccc(/C=C/c3ccncc3)cc2)cc1. The van der Waals surface area contributed by atoms with E-state index in [1.54, 1.807) is 48.8 Å². The van der Waals surface area contributed by atoms with Gasteiger partial charge in [0.25, 0.3) is 0 Å². The molecule has 0 atom stereocenters. The zero-order valence-corrected chi connectivity index (χ0v) is 15.9. The molecule has 0 saturated heterocycles. The van der Waals surface area contributed by atoms with Crippen molar-refractivity contribution < 1.29 is 14.3 Å². The van der Waals surface area contributed by atoms with Crippen LogP contribution in [0.1, 0.15) is 41.3 Å². The average molecular weight is 373 g/mol. The van der Waals surface area contributed by atoms with E-state index < -0.39 is 0 Å². The molecule has 4 nitrogen and oxygen atoms in total. The van der Waals surface area contributed by atoms with Gasteiger partial charge in [0.15, 0.2) is 0 Å². The monoisotopic (exact) mass is 373 g/mol. The normalized spacial score (nSPS) is 10.8. The Balaban J connectivity index is 1.56. The summed E-state index contributed by atoms with van der Waals surface area (Å²) < 4.78 is 11.0. The molecule has 0 aliphatic rings. The second-order valence-electron chi connectivity index (χ2n) is 6.30. The quantitative estimate of drug-likeness (QED) is 0.291. The van der Waals surface area contributed by atoms with Crippen molar-refractivity contribution in [2.45, 2.75) is 19.8 Å². The average Bonchev–Trinajstić information content (AvgIpc) is 2.75. The fourth-order valence-electron chi connectivity index (χ4n) is 2.50. The van der Waals surface area contributed by atoms with E-state index >= 15 is 0 Å². The van der Waals surface area contributed by atoms with Gasteiger partial charge in [-0.05, 0) is 66.1 Å². The third-order valence-corrected chi connectivity index (χ3v) is 4.12. The number of hydrogen-bond acceptors (Lipinski definition) is 4. The molecular formula is C24H23NO3. The van der Waals surface area contributed by atoms with Crippen LogP contribution in [0, 0.1) is 0 Å². The Hall–Kier alpha value is -3.40. The zero-order valence-electron chi connectivity index (χ0n) is 15.9. The van der Waals surface area contributed by atoms with E-state index in [4.69, 9.17) is 9.47 Å². The molecular weight excluding hydrogens is 350 g/mol. The number of unbranched alkanes of at least 4 members (excludes halogenated alkanes) is 1. The van der Waals surface area contributed by atoms with Crippen molar-refractivity contribution in [1.29, 1.82) is 0 Å². The van der Waals surface area contributed by atoms with Crippen LogP contribution in [0.15, 0.2) is 73.1 Å². The molecule has 3 rings (SSSR count). The fourth-order valence-corrected chi connectivity index (χ4v) is 2.50. The van der Waals surface area contributed by atoms with Crippen molar-refractivity contribution in [1.82, 2.24) is 4.98 Å². The number of pyridine rings is 1. The lowest BCUT2D eigenvalue weighted by Crippen LogP contribution is -2.08. The van der Waals surface area contributed by atoms with E-state index in [0.717, 1.165) is 29.7 Å². The number of carbonyl (C=O) groups excluding carboxylic acids is 1. The van der Waals surface area contributed by atoms with Gasteiger partial charge < -0.3 is 9.47 Å². The van der Waals surface area contributed by atoms with Crippen LogP contribution in [-0.2, 0) is 0 Å². The first-order valence-electron chi connectivity index (χ1n) is 9.38. The highest BCUT2D eigenvalue weighted by Crippen LogP contribution is 2.18. The second kappa shape index (κ2) is 10.1. The first-order chi connectivity index (χ1) is 13.7. The van der Waals surface area contributed by atoms with Gasteiger partial charge in [0.05, 0.1) is 12.2 Å². The molecule has 0 unspecified atom stereocenters. The van der Waals surface area contributed by atoms with E-state index in [2.05, 4.69) is 11.9 Å². The summed E-state index contributed by atoms with van der Waals surface area (Å²) in [5.74, 6) is 0.879. The lowest BCUT2D eigenvalue weighted by molar-refractivity contribution is 0.0734. The molecule has 142 valence electrons. The maximum Gasteiger partial charge on any atom is 0.343 e. The van der Waals surface area contributed by atoms with E-state index in [-0.39, 0.29) is 5.97 Å².